The molecule has 172 valence electrons. The summed E-state index contributed by atoms with van der Waals surface area (Å²) in [6.07, 6.45) is 9.66. The minimum Gasteiger partial charge on any atom is -0.481 e. The molecule has 1 aliphatic heterocycles. The average molecular weight is 440 g/mol. The predicted molar refractivity (Wildman–Crippen MR) is 124 cm³/mol. The van der Waals surface area contributed by atoms with Crippen molar-refractivity contribution in [2.24, 2.45) is 11.8 Å². The van der Waals surface area contributed by atoms with Crippen LogP contribution in [0.4, 0.5) is 4.39 Å². The van der Waals surface area contributed by atoms with Crippen LogP contribution >= 0.6 is 0 Å². The Hall–Kier alpha value is -2.24. The van der Waals surface area contributed by atoms with Crippen molar-refractivity contribution in [3.05, 3.63) is 70.1 Å². The van der Waals surface area contributed by atoms with Crippen LogP contribution in [-0.2, 0) is 16.0 Å². The number of carboxylic acids is 1. The highest BCUT2D eigenvalue weighted by Gasteiger charge is 2.33. The Morgan fingerprint density at radius 1 is 1.25 bits per heavy atom. The van der Waals surface area contributed by atoms with Crippen LogP contribution in [0.3, 0.4) is 0 Å². The maximum atomic E-state index is 13.1. The number of allylic oxidation sites excluding steroid dienone is 3. The molecule has 0 spiro atoms. The Labute approximate surface area is 190 Å². The second-order valence-electron chi connectivity index (χ2n) is 9.48. The largest absolute Gasteiger partial charge is 0.481 e. The topological polar surface area (TPSA) is 49.8 Å². The Balaban J connectivity index is 1.30. The van der Waals surface area contributed by atoms with Crippen LogP contribution in [0.15, 0.2) is 58.7 Å². The third-order valence-electron chi connectivity index (χ3n) is 7.20. The molecule has 0 bridgehead atoms. The number of aliphatic carboxylic acids is 1. The molecule has 1 aromatic rings. The number of hydrogen-bond acceptors (Lipinski definition) is 3. The normalized spacial score (nSPS) is 22.7. The number of nitrogens with zero attached hydrogens (tertiary/aromatic N) is 1. The van der Waals surface area contributed by atoms with Gasteiger partial charge in [0.25, 0.3) is 0 Å². The summed E-state index contributed by atoms with van der Waals surface area (Å²) in [5.41, 5.74) is 6.72. The first-order valence-electron chi connectivity index (χ1n) is 11.8. The van der Waals surface area contributed by atoms with Gasteiger partial charge in [-0.25, -0.2) is 4.39 Å². The summed E-state index contributed by atoms with van der Waals surface area (Å²) in [6.45, 7) is 7.33. The van der Waals surface area contributed by atoms with E-state index in [9.17, 15) is 9.18 Å². The van der Waals surface area contributed by atoms with Crippen molar-refractivity contribution in [1.29, 1.82) is 0 Å². The monoisotopic (exact) mass is 439 g/mol. The van der Waals surface area contributed by atoms with Gasteiger partial charge in [0.05, 0.1) is 18.6 Å². The Morgan fingerprint density at radius 3 is 2.69 bits per heavy atom. The molecule has 0 aromatic heterocycles. The first kappa shape index (κ1) is 22.9. The highest BCUT2D eigenvalue weighted by Crippen LogP contribution is 2.38. The number of benzene rings is 1. The van der Waals surface area contributed by atoms with Gasteiger partial charge in [0.15, 0.2) is 0 Å². The highest BCUT2D eigenvalue weighted by atomic mass is 19.1. The van der Waals surface area contributed by atoms with Crippen molar-refractivity contribution in [3.63, 3.8) is 0 Å². The van der Waals surface area contributed by atoms with Crippen molar-refractivity contribution in [2.75, 3.05) is 26.2 Å². The summed E-state index contributed by atoms with van der Waals surface area (Å²) in [4.78, 5) is 13.3. The molecule has 0 radical (unpaired) electrons. The summed E-state index contributed by atoms with van der Waals surface area (Å²) >= 11 is 0. The SMILES string of the molecule is CC[C@H](COC1C=C2CCC(CN3CC(C(=O)O)C3)=C(C)C2=CC1)Cc1ccc(F)cc1. The number of halogens is 1. The lowest BCUT2D eigenvalue weighted by atomic mass is 9.80. The molecule has 2 atom stereocenters. The van der Waals surface area contributed by atoms with Crippen LogP contribution in [-0.4, -0.2) is 48.3 Å². The molecule has 4 nitrogen and oxygen atoms in total. The molecule has 2 aliphatic carbocycles. The molecule has 1 aromatic carbocycles. The van der Waals surface area contributed by atoms with E-state index < -0.39 is 5.97 Å². The first-order chi connectivity index (χ1) is 15.4. The number of hydrogen-bond donors (Lipinski definition) is 1. The number of rotatable bonds is 9. The van der Waals surface area contributed by atoms with Crippen molar-refractivity contribution >= 4 is 5.97 Å². The van der Waals surface area contributed by atoms with E-state index in [1.807, 2.05) is 12.1 Å². The fourth-order valence-electron chi connectivity index (χ4n) is 5.00. The van der Waals surface area contributed by atoms with Crippen LogP contribution < -0.4 is 0 Å². The molecule has 1 saturated heterocycles. The Morgan fingerprint density at radius 2 is 2.00 bits per heavy atom. The van der Waals surface area contributed by atoms with Gasteiger partial charge >= 0.3 is 5.97 Å². The second kappa shape index (κ2) is 10.1. The Bertz CT molecular complexity index is 925. The minimum absolute atomic E-state index is 0.122. The van der Waals surface area contributed by atoms with Crippen molar-refractivity contribution in [3.8, 4) is 0 Å². The quantitative estimate of drug-likeness (QED) is 0.577. The molecule has 1 fully saturated rings. The van der Waals surface area contributed by atoms with Crippen LogP contribution in [0, 0.1) is 17.7 Å². The third-order valence-corrected chi connectivity index (χ3v) is 7.20. The van der Waals surface area contributed by atoms with E-state index in [0.717, 1.165) is 44.2 Å². The number of carboxylic acid groups (broad SMARTS) is 1. The summed E-state index contributed by atoms with van der Waals surface area (Å²) in [5.74, 6) is -0.639. The van der Waals surface area contributed by atoms with Gasteiger partial charge in [-0.1, -0.05) is 43.2 Å². The van der Waals surface area contributed by atoms with E-state index in [4.69, 9.17) is 9.84 Å². The summed E-state index contributed by atoms with van der Waals surface area (Å²) in [6, 6.07) is 6.79. The highest BCUT2D eigenvalue weighted by molar-refractivity contribution is 5.71. The fourth-order valence-corrected chi connectivity index (χ4v) is 5.00. The average Bonchev–Trinajstić information content (AvgIpc) is 2.75. The van der Waals surface area contributed by atoms with Gasteiger partial charge in [0.2, 0.25) is 0 Å². The van der Waals surface area contributed by atoms with E-state index in [1.54, 1.807) is 0 Å². The van der Waals surface area contributed by atoms with Gasteiger partial charge in [0.1, 0.15) is 5.82 Å². The van der Waals surface area contributed by atoms with E-state index in [1.165, 1.54) is 34.4 Å². The lowest BCUT2D eigenvalue weighted by Crippen LogP contribution is -2.51. The minimum atomic E-state index is -0.676. The van der Waals surface area contributed by atoms with Crippen LogP contribution in [0.25, 0.3) is 0 Å². The van der Waals surface area contributed by atoms with Crippen molar-refractivity contribution in [1.82, 2.24) is 4.90 Å². The number of fused-ring (bicyclic) bond motifs is 1. The Kier molecular flexibility index (Phi) is 7.27. The van der Waals surface area contributed by atoms with Crippen LogP contribution in [0.2, 0.25) is 0 Å². The number of ether oxygens (including phenoxy) is 1. The molecule has 0 amide bonds. The van der Waals surface area contributed by atoms with E-state index in [-0.39, 0.29) is 17.8 Å². The van der Waals surface area contributed by atoms with Crippen molar-refractivity contribution < 1.29 is 19.0 Å². The second-order valence-corrected chi connectivity index (χ2v) is 9.48. The smallest absolute Gasteiger partial charge is 0.309 e. The lowest BCUT2D eigenvalue weighted by molar-refractivity contribution is -0.147. The molecule has 5 heteroatoms. The zero-order valence-corrected chi connectivity index (χ0v) is 19.1. The zero-order valence-electron chi connectivity index (χ0n) is 19.1. The number of likely N-dealkylation sites (tertiary alicyclic amines) is 1. The van der Waals surface area contributed by atoms with Gasteiger partial charge in [-0.05, 0) is 72.9 Å². The molecule has 32 heavy (non-hydrogen) atoms. The summed E-state index contributed by atoms with van der Waals surface area (Å²) in [7, 11) is 0. The molecular formula is C27H34FNO3. The van der Waals surface area contributed by atoms with Gasteiger partial charge in [0, 0.05) is 19.6 Å². The van der Waals surface area contributed by atoms with Gasteiger partial charge in [-0.15, -0.1) is 0 Å². The van der Waals surface area contributed by atoms with E-state index in [0.29, 0.717) is 25.6 Å². The fraction of sp³-hybridized carbons (Fsp3) is 0.519. The van der Waals surface area contributed by atoms with Crippen LogP contribution in [0.5, 0.6) is 0 Å². The van der Waals surface area contributed by atoms with E-state index in [2.05, 4.69) is 30.9 Å². The molecule has 4 rings (SSSR count). The molecule has 0 saturated carbocycles. The summed E-state index contributed by atoms with van der Waals surface area (Å²) in [5, 5.41) is 9.08. The van der Waals surface area contributed by atoms with Crippen LogP contribution in [0.1, 0.15) is 45.1 Å². The maximum Gasteiger partial charge on any atom is 0.309 e. The standard InChI is InChI=1S/C27H34FNO3/c1-3-19(12-20-4-8-24(28)9-5-20)17-32-25-10-11-26-18(2)22(7-6-21(26)13-25)14-29-15-23(16-29)27(30)31/h4-5,8-9,11,13,19,23,25H,3,6-7,10,12,14-17H2,1-2H3,(H,30,31)/t19-,25?/m0/s1. The van der Waals surface area contributed by atoms with Gasteiger partial charge < -0.3 is 9.84 Å². The zero-order chi connectivity index (χ0) is 22.7. The predicted octanol–water partition coefficient (Wildman–Crippen LogP) is 5.16. The molecule has 3 aliphatic rings. The molecule has 1 N–H and O–H groups in total. The maximum absolute atomic E-state index is 13.1. The van der Waals surface area contributed by atoms with Crippen molar-refractivity contribution in [2.45, 2.75) is 52.1 Å². The number of carbonyl (C=O) groups is 1. The first-order valence-corrected chi connectivity index (χ1v) is 11.8. The molecule has 1 unspecified atom stereocenters. The van der Waals surface area contributed by atoms with Gasteiger partial charge in [-0.2, -0.15) is 0 Å². The molecule has 1 heterocycles. The molecular weight excluding hydrogens is 405 g/mol. The lowest BCUT2D eigenvalue weighted by Gasteiger charge is -2.39. The summed E-state index contributed by atoms with van der Waals surface area (Å²) < 4.78 is 19.4. The van der Waals surface area contributed by atoms with E-state index >= 15 is 0 Å². The van der Waals surface area contributed by atoms with Gasteiger partial charge in [-0.3, -0.25) is 9.69 Å². The third kappa shape index (κ3) is 5.38.